The van der Waals surface area contributed by atoms with Gasteiger partial charge in [-0.1, -0.05) is 42.5 Å². The molecule has 0 aliphatic carbocycles. The highest BCUT2D eigenvalue weighted by molar-refractivity contribution is 6.05. The SMILES string of the molecule is Cc1ccc(C(=O)Nc2cccc(-c3nc4c(ccc5ccccc54)o3)c2)cc1C. The molecule has 30 heavy (non-hydrogen) atoms. The molecule has 1 amide bonds. The fraction of sp³-hybridized carbons (Fsp3) is 0.0769. The average molecular weight is 392 g/mol. The summed E-state index contributed by atoms with van der Waals surface area (Å²) in [5.41, 5.74) is 5.99. The number of benzene rings is 4. The Morgan fingerprint density at radius 3 is 2.60 bits per heavy atom. The van der Waals surface area contributed by atoms with E-state index in [-0.39, 0.29) is 5.91 Å². The van der Waals surface area contributed by atoms with Crippen molar-refractivity contribution in [2.75, 3.05) is 5.32 Å². The second kappa shape index (κ2) is 7.16. The van der Waals surface area contributed by atoms with Crippen LogP contribution in [0.15, 0.2) is 83.3 Å². The van der Waals surface area contributed by atoms with E-state index in [0.717, 1.165) is 38.6 Å². The highest BCUT2D eigenvalue weighted by Gasteiger charge is 2.13. The van der Waals surface area contributed by atoms with Crippen LogP contribution in [0.1, 0.15) is 21.5 Å². The molecule has 0 aliphatic rings. The van der Waals surface area contributed by atoms with Crippen LogP contribution < -0.4 is 5.32 Å². The second-order valence-corrected chi connectivity index (χ2v) is 7.49. The van der Waals surface area contributed by atoms with E-state index in [4.69, 9.17) is 9.40 Å². The first kappa shape index (κ1) is 18.1. The van der Waals surface area contributed by atoms with E-state index in [2.05, 4.69) is 11.4 Å². The van der Waals surface area contributed by atoms with Gasteiger partial charge in [0.05, 0.1) is 0 Å². The summed E-state index contributed by atoms with van der Waals surface area (Å²) in [6.45, 7) is 4.04. The lowest BCUT2D eigenvalue weighted by atomic mass is 10.1. The van der Waals surface area contributed by atoms with Gasteiger partial charge in [-0.05, 0) is 66.8 Å². The fourth-order valence-corrected chi connectivity index (χ4v) is 3.60. The normalized spacial score (nSPS) is 11.1. The number of aryl methyl sites for hydroxylation is 2. The summed E-state index contributed by atoms with van der Waals surface area (Å²) >= 11 is 0. The number of rotatable bonds is 3. The Kier molecular flexibility index (Phi) is 4.32. The number of amides is 1. The Bertz CT molecular complexity index is 1420. The van der Waals surface area contributed by atoms with Crippen LogP contribution in [0.5, 0.6) is 0 Å². The summed E-state index contributed by atoms with van der Waals surface area (Å²) < 4.78 is 6.01. The summed E-state index contributed by atoms with van der Waals surface area (Å²) in [5, 5.41) is 5.15. The summed E-state index contributed by atoms with van der Waals surface area (Å²) in [4.78, 5) is 17.4. The lowest BCUT2D eigenvalue weighted by Crippen LogP contribution is -2.12. The minimum Gasteiger partial charge on any atom is -0.436 e. The van der Waals surface area contributed by atoms with Crippen molar-refractivity contribution in [2.24, 2.45) is 0 Å². The number of anilines is 1. The first-order chi connectivity index (χ1) is 14.6. The second-order valence-electron chi connectivity index (χ2n) is 7.49. The standard InChI is InChI=1S/C26H20N2O2/c1-16-10-11-19(14-17(16)2)25(29)27-21-8-5-7-20(15-21)26-28-24-22-9-4-3-6-18(22)12-13-23(24)30-26/h3-15H,1-2H3,(H,27,29). The maximum Gasteiger partial charge on any atom is 0.255 e. The number of carbonyl (C=O) groups excluding carboxylic acids is 1. The van der Waals surface area contributed by atoms with Gasteiger partial charge in [0.2, 0.25) is 5.89 Å². The van der Waals surface area contributed by atoms with Crippen molar-refractivity contribution in [1.29, 1.82) is 0 Å². The van der Waals surface area contributed by atoms with E-state index in [1.807, 2.05) is 86.6 Å². The molecule has 0 unspecified atom stereocenters. The van der Waals surface area contributed by atoms with Crippen LogP contribution >= 0.6 is 0 Å². The molecule has 0 bridgehead atoms. The predicted octanol–water partition coefficient (Wildman–Crippen LogP) is 6.52. The predicted molar refractivity (Wildman–Crippen MR) is 121 cm³/mol. The quantitative estimate of drug-likeness (QED) is 0.380. The zero-order chi connectivity index (χ0) is 20.7. The molecule has 0 spiro atoms. The van der Waals surface area contributed by atoms with Gasteiger partial charge in [0.15, 0.2) is 5.58 Å². The smallest absolute Gasteiger partial charge is 0.255 e. The van der Waals surface area contributed by atoms with E-state index in [0.29, 0.717) is 17.1 Å². The molecule has 5 rings (SSSR count). The fourth-order valence-electron chi connectivity index (χ4n) is 3.60. The summed E-state index contributed by atoms with van der Waals surface area (Å²) in [6.07, 6.45) is 0. The van der Waals surface area contributed by atoms with Gasteiger partial charge in [-0.25, -0.2) is 4.98 Å². The number of hydrogen-bond donors (Lipinski definition) is 1. The van der Waals surface area contributed by atoms with Crippen molar-refractivity contribution in [3.63, 3.8) is 0 Å². The van der Waals surface area contributed by atoms with Crippen LogP contribution in [-0.4, -0.2) is 10.9 Å². The van der Waals surface area contributed by atoms with E-state index in [9.17, 15) is 4.79 Å². The first-order valence-electron chi connectivity index (χ1n) is 9.86. The summed E-state index contributed by atoms with van der Waals surface area (Å²) in [7, 11) is 0. The molecule has 4 nitrogen and oxygen atoms in total. The monoisotopic (exact) mass is 392 g/mol. The minimum atomic E-state index is -0.140. The molecular formula is C26H20N2O2. The number of nitrogens with zero attached hydrogens (tertiary/aromatic N) is 1. The molecule has 0 saturated carbocycles. The zero-order valence-electron chi connectivity index (χ0n) is 16.8. The van der Waals surface area contributed by atoms with Crippen LogP contribution in [0.4, 0.5) is 5.69 Å². The highest BCUT2D eigenvalue weighted by atomic mass is 16.3. The van der Waals surface area contributed by atoms with Gasteiger partial charge in [-0.3, -0.25) is 4.79 Å². The molecule has 0 fully saturated rings. The molecule has 146 valence electrons. The van der Waals surface area contributed by atoms with Crippen LogP contribution in [0.3, 0.4) is 0 Å². The van der Waals surface area contributed by atoms with Crippen LogP contribution in [0.2, 0.25) is 0 Å². The minimum absolute atomic E-state index is 0.140. The number of aromatic nitrogens is 1. The van der Waals surface area contributed by atoms with Gasteiger partial charge in [0.1, 0.15) is 5.52 Å². The highest BCUT2D eigenvalue weighted by Crippen LogP contribution is 2.30. The van der Waals surface area contributed by atoms with Crippen LogP contribution in [-0.2, 0) is 0 Å². The lowest BCUT2D eigenvalue weighted by Gasteiger charge is -2.08. The molecule has 4 aromatic carbocycles. The third-order valence-corrected chi connectivity index (χ3v) is 5.42. The van der Waals surface area contributed by atoms with Crippen LogP contribution in [0.25, 0.3) is 33.3 Å². The Morgan fingerprint density at radius 1 is 0.867 bits per heavy atom. The van der Waals surface area contributed by atoms with Crippen molar-refractivity contribution in [2.45, 2.75) is 13.8 Å². The van der Waals surface area contributed by atoms with Crippen molar-refractivity contribution < 1.29 is 9.21 Å². The number of fused-ring (bicyclic) bond motifs is 3. The molecule has 4 heteroatoms. The molecule has 1 aromatic heterocycles. The number of nitrogens with one attached hydrogen (secondary N) is 1. The third-order valence-electron chi connectivity index (χ3n) is 5.42. The topological polar surface area (TPSA) is 55.1 Å². The number of hydrogen-bond acceptors (Lipinski definition) is 3. The summed E-state index contributed by atoms with van der Waals surface area (Å²) in [6, 6.07) is 25.4. The van der Waals surface area contributed by atoms with E-state index in [1.165, 1.54) is 0 Å². The van der Waals surface area contributed by atoms with Gasteiger partial charge in [0, 0.05) is 22.2 Å². The van der Waals surface area contributed by atoms with Gasteiger partial charge in [-0.15, -0.1) is 0 Å². The Labute approximate surface area is 174 Å². The van der Waals surface area contributed by atoms with Crippen molar-refractivity contribution in [1.82, 2.24) is 4.98 Å². The van der Waals surface area contributed by atoms with Crippen LogP contribution in [0, 0.1) is 13.8 Å². The molecule has 1 N–H and O–H groups in total. The van der Waals surface area contributed by atoms with E-state index < -0.39 is 0 Å². The Balaban J connectivity index is 1.48. The van der Waals surface area contributed by atoms with Crippen molar-refractivity contribution in [3.05, 3.63) is 95.6 Å². The molecule has 0 radical (unpaired) electrons. The molecule has 0 atom stereocenters. The molecule has 0 aliphatic heterocycles. The average Bonchev–Trinajstić information content (AvgIpc) is 3.21. The van der Waals surface area contributed by atoms with Gasteiger partial charge in [0.25, 0.3) is 5.91 Å². The number of oxazole rings is 1. The van der Waals surface area contributed by atoms with Gasteiger partial charge >= 0.3 is 0 Å². The zero-order valence-corrected chi connectivity index (χ0v) is 16.8. The summed E-state index contributed by atoms with van der Waals surface area (Å²) in [5.74, 6) is 0.391. The maximum absolute atomic E-state index is 12.7. The molecular weight excluding hydrogens is 372 g/mol. The lowest BCUT2D eigenvalue weighted by molar-refractivity contribution is 0.102. The first-order valence-corrected chi connectivity index (χ1v) is 9.86. The van der Waals surface area contributed by atoms with E-state index >= 15 is 0 Å². The molecule has 5 aromatic rings. The molecule has 1 heterocycles. The van der Waals surface area contributed by atoms with Crippen molar-refractivity contribution >= 4 is 33.5 Å². The molecule has 0 saturated heterocycles. The van der Waals surface area contributed by atoms with E-state index in [1.54, 1.807) is 0 Å². The maximum atomic E-state index is 12.7. The largest absolute Gasteiger partial charge is 0.436 e. The Morgan fingerprint density at radius 2 is 1.73 bits per heavy atom. The van der Waals surface area contributed by atoms with Gasteiger partial charge in [-0.2, -0.15) is 0 Å². The van der Waals surface area contributed by atoms with Gasteiger partial charge < -0.3 is 9.73 Å². The Hall–Kier alpha value is -3.92. The van der Waals surface area contributed by atoms with Crippen molar-refractivity contribution in [3.8, 4) is 11.5 Å². The number of carbonyl (C=O) groups is 1. The third kappa shape index (κ3) is 3.22.